The van der Waals surface area contributed by atoms with Crippen molar-refractivity contribution < 1.29 is 13.2 Å². The summed E-state index contributed by atoms with van der Waals surface area (Å²) in [7, 11) is 0. The zero-order valence-electron chi connectivity index (χ0n) is 8.67. The highest BCUT2D eigenvalue weighted by Gasteiger charge is 2.42. The molecule has 0 amide bonds. The van der Waals surface area contributed by atoms with Crippen LogP contribution in [0.15, 0.2) is 9.59 Å². The van der Waals surface area contributed by atoms with Gasteiger partial charge in [-0.2, -0.15) is 13.2 Å². The van der Waals surface area contributed by atoms with E-state index in [4.69, 9.17) is 0 Å². The average molecular weight is 252 g/mol. The van der Waals surface area contributed by atoms with Crippen LogP contribution in [0.2, 0.25) is 0 Å². The first kappa shape index (κ1) is 12.0. The number of rotatable bonds is 1. The van der Waals surface area contributed by atoms with E-state index in [1.807, 2.05) is 0 Å². The highest BCUT2D eigenvalue weighted by Crippen LogP contribution is 2.28. The normalized spacial score (nSPS) is 26.1. The number of alkyl halides is 3. The lowest BCUT2D eigenvalue weighted by molar-refractivity contribution is -0.161. The Kier molecular flexibility index (Phi) is 2.86. The maximum Gasteiger partial charge on any atom is 0.403 e. The van der Waals surface area contributed by atoms with Crippen molar-refractivity contribution in [3.8, 4) is 0 Å². The Balaban J connectivity index is 2.10. The van der Waals surface area contributed by atoms with E-state index in [1.54, 1.807) is 0 Å². The number of nitrogens with zero attached hydrogens (tertiary/aromatic N) is 1. The molecule has 0 bridgehead atoms. The Labute approximate surface area is 92.8 Å². The average Bonchev–Trinajstić information content (AvgIpc) is 2.58. The molecule has 0 saturated carbocycles. The van der Waals surface area contributed by atoms with Crippen LogP contribution in [0, 0.1) is 0 Å². The molecule has 2 unspecified atom stereocenters. The highest BCUT2D eigenvalue weighted by molar-refractivity contribution is 4.87. The van der Waals surface area contributed by atoms with Crippen molar-refractivity contribution in [1.82, 2.24) is 20.1 Å². The molecule has 9 heteroatoms. The summed E-state index contributed by atoms with van der Waals surface area (Å²) in [6, 6.07) is -2.11. The zero-order valence-corrected chi connectivity index (χ0v) is 8.67. The summed E-state index contributed by atoms with van der Waals surface area (Å²) < 4.78 is 38.0. The molecule has 2 heterocycles. The van der Waals surface area contributed by atoms with Crippen molar-refractivity contribution in [3.05, 3.63) is 21.0 Å². The van der Waals surface area contributed by atoms with Crippen molar-refractivity contribution in [2.75, 3.05) is 6.54 Å². The van der Waals surface area contributed by atoms with E-state index in [0.29, 0.717) is 0 Å². The van der Waals surface area contributed by atoms with Crippen LogP contribution >= 0.6 is 0 Å². The summed E-state index contributed by atoms with van der Waals surface area (Å²) in [6.45, 7) is -0.0506. The quantitative estimate of drug-likeness (QED) is 0.643. The van der Waals surface area contributed by atoms with Crippen molar-refractivity contribution in [1.29, 1.82) is 0 Å². The molecule has 1 aromatic heterocycles. The van der Waals surface area contributed by atoms with Gasteiger partial charge in [0.2, 0.25) is 0 Å². The van der Waals surface area contributed by atoms with Gasteiger partial charge in [0.05, 0.1) is 6.04 Å². The molecule has 2 rings (SSSR count). The predicted molar refractivity (Wildman–Crippen MR) is 51.8 cm³/mol. The summed E-state index contributed by atoms with van der Waals surface area (Å²) in [4.78, 5) is 22.5. The first-order chi connectivity index (χ1) is 7.89. The summed E-state index contributed by atoms with van der Waals surface area (Å²) in [6.07, 6.45) is -4.30. The van der Waals surface area contributed by atoms with Gasteiger partial charge in [0.1, 0.15) is 6.04 Å². The SMILES string of the molecule is O=c1[nH][nH]c(=O)n1C1CCC(C(F)(F)F)NC1. The van der Waals surface area contributed by atoms with E-state index in [1.165, 1.54) is 0 Å². The molecule has 1 saturated heterocycles. The van der Waals surface area contributed by atoms with Crippen LogP contribution in [0.1, 0.15) is 18.9 Å². The third-order valence-electron chi connectivity index (χ3n) is 2.86. The smallest absolute Gasteiger partial charge is 0.304 e. The first-order valence-corrected chi connectivity index (χ1v) is 5.09. The number of piperidine rings is 1. The van der Waals surface area contributed by atoms with Crippen LogP contribution in [0.5, 0.6) is 0 Å². The molecule has 96 valence electrons. The number of hydrogen-bond donors (Lipinski definition) is 3. The third kappa shape index (κ3) is 2.28. The molecule has 1 aliphatic rings. The number of H-pyrrole nitrogens is 2. The largest absolute Gasteiger partial charge is 0.403 e. The van der Waals surface area contributed by atoms with Crippen LogP contribution in [0.4, 0.5) is 13.2 Å². The minimum atomic E-state index is -4.29. The second-order valence-electron chi connectivity index (χ2n) is 3.96. The molecule has 0 radical (unpaired) electrons. The van der Waals surface area contributed by atoms with Crippen LogP contribution in [-0.2, 0) is 0 Å². The minimum Gasteiger partial charge on any atom is -0.304 e. The van der Waals surface area contributed by atoms with Crippen LogP contribution < -0.4 is 16.7 Å². The molecule has 0 aliphatic carbocycles. The van der Waals surface area contributed by atoms with E-state index in [-0.39, 0.29) is 19.4 Å². The lowest BCUT2D eigenvalue weighted by atomic mass is 10.0. The molecule has 6 nitrogen and oxygen atoms in total. The van der Waals surface area contributed by atoms with Gasteiger partial charge in [0, 0.05) is 6.54 Å². The lowest BCUT2D eigenvalue weighted by Crippen LogP contribution is -2.50. The van der Waals surface area contributed by atoms with Gasteiger partial charge in [-0.05, 0) is 12.8 Å². The fraction of sp³-hybridized carbons (Fsp3) is 0.750. The van der Waals surface area contributed by atoms with Crippen LogP contribution in [0.3, 0.4) is 0 Å². The number of nitrogens with one attached hydrogen (secondary N) is 3. The zero-order chi connectivity index (χ0) is 12.6. The maximum atomic E-state index is 12.4. The van der Waals surface area contributed by atoms with Crippen molar-refractivity contribution in [3.63, 3.8) is 0 Å². The number of aromatic amines is 2. The Morgan fingerprint density at radius 2 is 1.71 bits per heavy atom. The van der Waals surface area contributed by atoms with Gasteiger partial charge in [-0.3, -0.25) is 0 Å². The molecule has 0 aromatic carbocycles. The summed E-state index contributed by atoms with van der Waals surface area (Å²) >= 11 is 0. The van der Waals surface area contributed by atoms with Crippen LogP contribution in [0.25, 0.3) is 0 Å². The molecule has 1 aromatic rings. The van der Waals surface area contributed by atoms with Gasteiger partial charge in [-0.1, -0.05) is 0 Å². The van der Waals surface area contributed by atoms with E-state index >= 15 is 0 Å². The predicted octanol–water partition coefficient (Wildman–Crippen LogP) is -0.280. The number of hydrogen-bond acceptors (Lipinski definition) is 3. The van der Waals surface area contributed by atoms with E-state index < -0.39 is 29.6 Å². The molecule has 3 N–H and O–H groups in total. The van der Waals surface area contributed by atoms with Gasteiger partial charge < -0.3 is 5.32 Å². The maximum absolute atomic E-state index is 12.4. The topological polar surface area (TPSA) is 82.7 Å². The first-order valence-electron chi connectivity index (χ1n) is 5.09. The number of aromatic nitrogens is 3. The van der Waals surface area contributed by atoms with E-state index in [9.17, 15) is 22.8 Å². The van der Waals surface area contributed by atoms with Gasteiger partial charge in [-0.15, -0.1) is 0 Å². The van der Waals surface area contributed by atoms with Crippen LogP contribution in [-0.4, -0.2) is 33.5 Å². The molecular weight excluding hydrogens is 241 g/mol. The van der Waals surface area contributed by atoms with Gasteiger partial charge in [-0.25, -0.2) is 24.4 Å². The van der Waals surface area contributed by atoms with Gasteiger partial charge in [0.25, 0.3) is 0 Å². The van der Waals surface area contributed by atoms with Gasteiger partial charge >= 0.3 is 17.6 Å². The van der Waals surface area contributed by atoms with Crippen molar-refractivity contribution in [2.45, 2.75) is 31.1 Å². The fourth-order valence-corrected chi connectivity index (χ4v) is 1.99. The van der Waals surface area contributed by atoms with Crippen molar-refractivity contribution in [2.24, 2.45) is 0 Å². The molecule has 0 spiro atoms. The molecular formula is C8H11F3N4O2. The molecule has 17 heavy (non-hydrogen) atoms. The lowest BCUT2D eigenvalue weighted by Gasteiger charge is -2.30. The Morgan fingerprint density at radius 1 is 1.12 bits per heavy atom. The monoisotopic (exact) mass is 252 g/mol. The number of halogens is 3. The fourth-order valence-electron chi connectivity index (χ4n) is 1.99. The Bertz CT molecular complexity index is 464. The van der Waals surface area contributed by atoms with Gasteiger partial charge in [0.15, 0.2) is 0 Å². The molecule has 2 atom stereocenters. The second kappa shape index (κ2) is 4.06. The molecule has 1 aliphatic heterocycles. The summed E-state index contributed by atoms with van der Waals surface area (Å²) in [5, 5.41) is 6.49. The summed E-state index contributed by atoms with van der Waals surface area (Å²) in [5.41, 5.74) is -1.26. The Morgan fingerprint density at radius 3 is 2.12 bits per heavy atom. The molecule has 1 fully saturated rings. The van der Waals surface area contributed by atoms with Crippen molar-refractivity contribution >= 4 is 0 Å². The van der Waals surface area contributed by atoms with E-state index in [2.05, 4.69) is 15.5 Å². The van der Waals surface area contributed by atoms with E-state index in [0.717, 1.165) is 4.57 Å². The standard InChI is InChI=1S/C8H11F3N4O2/c9-8(10,11)5-2-1-4(3-12-5)15-6(16)13-14-7(15)17/h4-5,12H,1-3H2,(H,13,16)(H,14,17). The second-order valence-corrected chi connectivity index (χ2v) is 3.96. The minimum absolute atomic E-state index is 0.0506. The highest BCUT2D eigenvalue weighted by atomic mass is 19.4. The Hall–Kier alpha value is -1.51. The summed E-state index contributed by atoms with van der Waals surface area (Å²) in [5.74, 6) is 0. The third-order valence-corrected chi connectivity index (χ3v) is 2.86.